The Labute approximate surface area is 198 Å². The molecule has 1 N–H and O–H groups in total. The molecule has 0 saturated carbocycles. The monoisotopic (exact) mass is 484 g/mol. The molecular weight excluding hydrogens is 459 g/mol. The molecule has 0 aliphatic heterocycles. The molecule has 0 bridgehead atoms. The smallest absolute Gasteiger partial charge is 0.261 e. The Hall–Kier alpha value is -1.95. The first kappa shape index (κ1) is 25.3. The molecule has 0 saturated heterocycles. The van der Waals surface area contributed by atoms with E-state index >= 15 is 0 Å². The van der Waals surface area contributed by atoms with Gasteiger partial charge in [-0.05, 0) is 49.6 Å². The summed E-state index contributed by atoms with van der Waals surface area (Å²) in [5, 5.41) is 4.29. The van der Waals surface area contributed by atoms with E-state index in [1.165, 1.54) is 4.90 Å². The minimum Gasteiger partial charge on any atom is -0.482 e. The van der Waals surface area contributed by atoms with Crippen molar-refractivity contribution in [3.8, 4) is 5.75 Å². The number of hydrogen-bond acceptors (Lipinski definition) is 3. The van der Waals surface area contributed by atoms with E-state index < -0.39 is 6.04 Å². The molecule has 0 heterocycles. The molecule has 0 fully saturated rings. The molecular formula is C23H27Cl3N2O3. The Morgan fingerprint density at radius 1 is 1.03 bits per heavy atom. The van der Waals surface area contributed by atoms with Crippen molar-refractivity contribution in [1.29, 1.82) is 0 Å². The molecule has 31 heavy (non-hydrogen) atoms. The standard InChI is InChI=1S/C23H27Cl3N2O3/c1-4-15(3)27-23(30)20(5-2)28(13-16-10-11-17(24)12-19(16)26)22(29)14-31-21-9-7-6-8-18(21)25/h6-12,15,20H,4-5,13-14H2,1-3H3,(H,27,30)/t15-,20-/m1/s1. The summed E-state index contributed by atoms with van der Waals surface area (Å²) in [5.74, 6) is -0.163. The van der Waals surface area contributed by atoms with Gasteiger partial charge in [-0.1, -0.05) is 66.8 Å². The Morgan fingerprint density at radius 2 is 1.74 bits per heavy atom. The first-order chi connectivity index (χ1) is 14.8. The van der Waals surface area contributed by atoms with Gasteiger partial charge in [0.05, 0.1) is 5.02 Å². The summed E-state index contributed by atoms with van der Waals surface area (Å²) in [7, 11) is 0. The van der Waals surface area contributed by atoms with Crippen molar-refractivity contribution in [2.75, 3.05) is 6.61 Å². The third-order valence-corrected chi connectivity index (χ3v) is 5.83. The van der Waals surface area contributed by atoms with Crippen molar-refractivity contribution in [3.63, 3.8) is 0 Å². The predicted molar refractivity (Wildman–Crippen MR) is 126 cm³/mol. The summed E-state index contributed by atoms with van der Waals surface area (Å²) in [6.45, 7) is 5.65. The lowest BCUT2D eigenvalue weighted by Gasteiger charge is -2.31. The van der Waals surface area contributed by atoms with Crippen molar-refractivity contribution in [3.05, 3.63) is 63.1 Å². The minimum atomic E-state index is -0.678. The number of nitrogens with one attached hydrogen (secondary N) is 1. The zero-order valence-corrected chi connectivity index (χ0v) is 20.1. The van der Waals surface area contributed by atoms with Crippen molar-refractivity contribution < 1.29 is 14.3 Å². The van der Waals surface area contributed by atoms with Crippen LogP contribution in [0.1, 0.15) is 39.2 Å². The highest BCUT2D eigenvalue weighted by Gasteiger charge is 2.30. The fourth-order valence-corrected chi connectivity index (χ4v) is 3.64. The lowest BCUT2D eigenvalue weighted by molar-refractivity contribution is -0.143. The molecule has 8 heteroatoms. The molecule has 0 radical (unpaired) electrons. The maximum absolute atomic E-state index is 13.2. The first-order valence-corrected chi connectivity index (χ1v) is 11.3. The van der Waals surface area contributed by atoms with Gasteiger partial charge in [-0.2, -0.15) is 0 Å². The molecule has 0 unspecified atom stereocenters. The number of carbonyl (C=O) groups is 2. The van der Waals surface area contributed by atoms with Gasteiger partial charge in [0.15, 0.2) is 6.61 Å². The molecule has 168 valence electrons. The molecule has 0 spiro atoms. The quantitative estimate of drug-likeness (QED) is 0.466. The molecule has 2 atom stereocenters. The number of benzene rings is 2. The maximum atomic E-state index is 13.2. The zero-order valence-electron chi connectivity index (χ0n) is 17.8. The number of ether oxygens (including phenoxy) is 1. The molecule has 2 rings (SSSR count). The van der Waals surface area contributed by atoms with Crippen LogP contribution >= 0.6 is 34.8 Å². The van der Waals surface area contributed by atoms with E-state index in [0.29, 0.717) is 32.8 Å². The number of carbonyl (C=O) groups excluding carboxylic acids is 2. The SMILES string of the molecule is CC[C@@H](C)NC(=O)[C@@H](CC)N(Cc1ccc(Cl)cc1Cl)C(=O)COc1ccccc1Cl. The highest BCUT2D eigenvalue weighted by atomic mass is 35.5. The Bertz CT molecular complexity index is 907. The predicted octanol–water partition coefficient (Wildman–Crippen LogP) is 5.75. The van der Waals surface area contributed by atoms with Crippen LogP contribution < -0.4 is 10.1 Å². The lowest BCUT2D eigenvalue weighted by Crippen LogP contribution is -2.51. The highest BCUT2D eigenvalue weighted by molar-refractivity contribution is 6.35. The van der Waals surface area contributed by atoms with Crippen molar-refractivity contribution in [1.82, 2.24) is 10.2 Å². The lowest BCUT2D eigenvalue weighted by atomic mass is 10.1. The van der Waals surface area contributed by atoms with E-state index in [4.69, 9.17) is 39.5 Å². The van der Waals surface area contributed by atoms with Crippen molar-refractivity contribution in [2.24, 2.45) is 0 Å². The van der Waals surface area contributed by atoms with Gasteiger partial charge in [0.25, 0.3) is 5.91 Å². The number of para-hydroxylation sites is 1. The van der Waals surface area contributed by atoms with Crippen LogP contribution in [-0.4, -0.2) is 35.4 Å². The molecule has 0 aliphatic carbocycles. The third kappa shape index (κ3) is 7.30. The van der Waals surface area contributed by atoms with Crippen LogP contribution in [-0.2, 0) is 16.1 Å². The Balaban J connectivity index is 2.27. The second-order valence-corrected chi connectivity index (χ2v) is 8.47. The van der Waals surface area contributed by atoms with Gasteiger partial charge in [0.1, 0.15) is 11.8 Å². The Kier molecular flexibility index (Phi) is 9.94. The average Bonchev–Trinajstić information content (AvgIpc) is 2.74. The van der Waals surface area contributed by atoms with Crippen LogP contribution in [0.5, 0.6) is 5.75 Å². The van der Waals surface area contributed by atoms with Gasteiger partial charge in [-0.15, -0.1) is 0 Å². The number of hydrogen-bond donors (Lipinski definition) is 1. The van der Waals surface area contributed by atoms with Gasteiger partial charge < -0.3 is 15.0 Å². The van der Waals surface area contributed by atoms with Crippen LogP contribution in [0.3, 0.4) is 0 Å². The van der Waals surface area contributed by atoms with Crippen LogP contribution in [0.2, 0.25) is 15.1 Å². The van der Waals surface area contributed by atoms with Gasteiger partial charge in [-0.25, -0.2) is 0 Å². The molecule has 2 aromatic carbocycles. The van der Waals surface area contributed by atoms with E-state index in [1.54, 1.807) is 42.5 Å². The number of rotatable bonds is 10. The number of halogens is 3. The first-order valence-electron chi connectivity index (χ1n) is 10.2. The second-order valence-electron chi connectivity index (χ2n) is 7.22. The molecule has 5 nitrogen and oxygen atoms in total. The van der Waals surface area contributed by atoms with Gasteiger partial charge >= 0.3 is 0 Å². The normalized spacial score (nSPS) is 12.7. The van der Waals surface area contributed by atoms with E-state index in [9.17, 15) is 9.59 Å². The van der Waals surface area contributed by atoms with E-state index in [-0.39, 0.29) is 31.0 Å². The number of amides is 2. The third-order valence-electron chi connectivity index (χ3n) is 4.93. The maximum Gasteiger partial charge on any atom is 0.261 e. The summed E-state index contributed by atoms with van der Waals surface area (Å²) in [5.41, 5.74) is 0.687. The average molecular weight is 486 g/mol. The Morgan fingerprint density at radius 3 is 2.35 bits per heavy atom. The van der Waals surface area contributed by atoms with Crippen LogP contribution in [0.15, 0.2) is 42.5 Å². The molecule has 0 aliphatic rings. The zero-order chi connectivity index (χ0) is 23.0. The summed E-state index contributed by atoms with van der Waals surface area (Å²) in [6, 6.07) is 11.3. The second kappa shape index (κ2) is 12.2. The van der Waals surface area contributed by atoms with Crippen LogP contribution in [0.25, 0.3) is 0 Å². The molecule has 0 aromatic heterocycles. The largest absolute Gasteiger partial charge is 0.482 e. The van der Waals surface area contributed by atoms with Gasteiger partial charge in [0.2, 0.25) is 5.91 Å². The van der Waals surface area contributed by atoms with Gasteiger partial charge in [-0.3, -0.25) is 9.59 Å². The summed E-state index contributed by atoms with van der Waals surface area (Å²) >= 11 is 18.5. The van der Waals surface area contributed by atoms with Crippen LogP contribution in [0, 0.1) is 0 Å². The van der Waals surface area contributed by atoms with Crippen LogP contribution in [0.4, 0.5) is 0 Å². The summed E-state index contributed by atoms with van der Waals surface area (Å²) in [4.78, 5) is 27.6. The fraction of sp³-hybridized carbons (Fsp3) is 0.391. The van der Waals surface area contributed by atoms with Crippen molar-refractivity contribution >= 4 is 46.6 Å². The van der Waals surface area contributed by atoms with E-state index in [2.05, 4.69) is 5.32 Å². The highest BCUT2D eigenvalue weighted by Crippen LogP contribution is 2.25. The summed E-state index contributed by atoms with van der Waals surface area (Å²) < 4.78 is 5.63. The fourth-order valence-electron chi connectivity index (χ4n) is 2.98. The topological polar surface area (TPSA) is 58.6 Å². The van der Waals surface area contributed by atoms with Crippen molar-refractivity contribution in [2.45, 2.75) is 52.2 Å². The summed E-state index contributed by atoms with van der Waals surface area (Å²) in [6.07, 6.45) is 1.22. The van der Waals surface area contributed by atoms with Gasteiger partial charge in [0, 0.05) is 22.6 Å². The minimum absolute atomic E-state index is 0.00278. The molecule has 2 aromatic rings. The number of nitrogens with zero attached hydrogens (tertiary/aromatic N) is 1. The van der Waals surface area contributed by atoms with E-state index in [0.717, 1.165) is 6.42 Å². The van der Waals surface area contributed by atoms with E-state index in [1.807, 2.05) is 20.8 Å². The molecule has 2 amide bonds.